The minimum Gasteiger partial charge on any atom is -0.465 e. The van der Waals surface area contributed by atoms with E-state index in [1.54, 1.807) is 4.68 Å². The number of carbonyl (C=O) groups excluding carboxylic acids is 3. The van der Waals surface area contributed by atoms with Crippen molar-refractivity contribution >= 4 is 23.5 Å². The Morgan fingerprint density at radius 1 is 1.08 bits per heavy atom. The predicted octanol–water partition coefficient (Wildman–Crippen LogP) is 1.71. The van der Waals surface area contributed by atoms with Gasteiger partial charge in [0.1, 0.15) is 6.54 Å². The lowest BCUT2D eigenvalue weighted by atomic mass is 10.1. The van der Waals surface area contributed by atoms with Crippen LogP contribution in [0.5, 0.6) is 0 Å². The number of methoxy groups -OCH3 is 2. The molecule has 0 spiro atoms. The van der Waals surface area contributed by atoms with E-state index in [-0.39, 0.29) is 23.4 Å². The molecule has 0 fully saturated rings. The number of carbonyl (C=O) groups is 3. The maximum Gasteiger partial charge on any atom is 0.339 e. The highest BCUT2D eigenvalue weighted by Crippen LogP contribution is 2.20. The second-order valence-corrected chi connectivity index (χ2v) is 5.38. The number of rotatable bonds is 5. The topological polar surface area (TPSA) is 99.5 Å². The number of aromatic nitrogens is 2. The van der Waals surface area contributed by atoms with Crippen LogP contribution >= 0.6 is 0 Å². The smallest absolute Gasteiger partial charge is 0.339 e. The monoisotopic (exact) mass is 345 g/mol. The first-order valence-corrected chi connectivity index (χ1v) is 7.47. The molecule has 0 saturated heterocycles. The van der Waals surface area contributed by atoms with Crippen molar-refractivity contribution < 1.29 is 23.9 Å². The van der Waals surface area contributed by atoms with Crippen molar-refractivity contribution in [1.29, 1.82) is 0 Å². The third kappa shape index (κ3) is 4.23. The molecule has 1 aromatic heterocycles. The van der Waals surface area contributed by atoms with E-state index in [2.05, 4.69) is 15.2 Å². The van der Waals surface area contributed by atoms with Crippen molar-refractivity contribution in [3.63, 3.8) is 0 Å². The average Bonchev–Trinajstić information content (AvgIpc) is 2.90. The van der Waals surface area contributed by atoms with E-state index in [1.807, 2.05) is 19.9 Å². The van der Waals surface area contributed by atoms with Crippen LogP contribution in [0.3, 0.4) is 0 Å². The first-order valence-electron chi connectivity index (χ1n) is 7.47. The SMILES string of the molecule is COC(=O)c1ccc(C(=O)OC)c(NC(=O)Cn2nc(C)cc2C)c1. The molecule has 0 radical (unpaired) electrons. The van der Waals surface area contributed by atoms with Crippen LogP contribution in [0, 0.1) is 13.8 Å². The average molecular weight is 345 g/mol. The van der Waals surface area contributed by atoms with Gasteiger partial charge in [0, 0.05) is 5.69 Å². The number of aryl methyl sites for hydroxylation is 2. The van der Waals surface area contributed by atoms with Gasteiger partial charge in [-0.1, -0.05) is 0 Å². The quantitative estimate of drug-likeness (QED) is 0.828. The summed E-state index contributed by atoms with van der Waals surface area (Å²) in [6.45, 7) is 3.64. The predicted molar refractivity (Wildman–Crippen MR) is 89.5 cm³/mol. The molecule has 0 bridgehead atoms. The summed E-state index contributed by atoms with van der Waals surface area (Å²) >= 11 is 0. The molecule has 8 nitrogen and oxygen atoms in total. The molecule has 0 aliphatic rings. The van der Waals surface area contributed by atoms with Crippen molar-refractivity contribution in [2.45, 2.75) is 20.4 Å². The summed E-state index contributed by atoms with van der Waals surface area (Å²) in [4.78, 5) is 35.9. The maximum absolute atomic E-state index is 12.3. The van der Waals surface area contributed by atoms with Crippen LogP contribution in [-0.4, -0.2) is 41.8 Å². The molecule has 0 aliphatic heterocycles. The lowest BCUT2D eigenvalue weighted by Gasteiger charge is -2.12. The zero-order valence-electron chi connectivity index (χ0n) is 14.5. The van der Waals surface area contributed by atoms with Gasteiger partial charge in [0.15, 0.2) is 0 Å². The molecule has 25 heavy (non-hydrogen) atoms. The van der Waals surface area contributed by atoms with Crippen molar-refractivity contribution in [3.05, 3.63) is 46.8 Å². The van der Waals surface area contributed by atoms with E-state index >= 15 is 0 Å². The van der Waals surface area contributed by atoms with Gasteiger partial charge < -0.3 is 14.8 Å². The van der Waals surface area contributed by atoms with Crippen molar-refractivity contribution in [3.8, 4) is 0 Å². The van der Waals surface area contributed by atoms with Crippen LogP contribution in [0.1, 0.15) is 32.1 Å². The summed E-state index contributed by atoms with van der Waals surface area (Å²) in [5.74, 6) is -1.60. The van der Waals surface area contributed by atoms with Crippen LogP contribution < -0.4 is 5.32 Å². The summed E-state index contributed by atoms with van der Waals surface area (Å²) in [6.07, 6.45) is 0. The molecule has 1 aromatic carbocycles. The number of amides is 1. The summed E-state index contributed by atoms with van der Waals surface area (Å²) < 4.78 is 10.9. The van der Waals surface area contributed by atoms with Gasteiger partial charge in [-0.25, -0.2) is 9.59 Å². The zero-order valence-corrected chi connectivity index (χ0v) is 14.5. The lowest BCUT2D eigenvalue weighted by molar-refractivity contribution is -0.116. The molecule has 1 N–H and O–H groups in total. The minimum atomic E-state index is -0.627. The van der Waals surface area contributed by atoms with Gasteiger partial charge in [-0.05, 0) is 38.1 Å². The first kappa shape index (κ1) is 18.2. The van der Waals surface area contributed by atoms with Crippen LogP contribution in [0.15, 0.2) is 24.3 Å². The largest absolute Gasteiger partial charge is 0.465 e. The van der Waals surface area contributed by atoms with E-state index < -0.39 is 17.8 Å². The third-order valence-electron chi connectivity index (χ3n) is 3.52. The molecule has 1 heterocycles. The molecule has 8 heteroatoms. The number of anilines is 1. The Morgan fingerprint density at radius 3 is 2.32 bits per heavy atom. The highest BCUT2D eigenvalue weighted by Gasteiger charge is 2.18. The van der Waals surface area contributed by atoms with Gasteiger partial charge in [0.05, 0.1) is 36.7 Å². The van der Waals surface area contributed by atoms with Gasteiger partial charge in [-0.15, -0.1) is 0 Å². The molecule has 132 valence electrons. The molecular weight excluding hydrogens is 326 g/mol. The highest BCUT2D eigenvalue weighted by atomic mass is 16.5. The van der Waals surface area contributed by atoms with E-state index in [1.165, 1.54) is 32.4 Å². The Balaban J connectivity index is 2.28. The summed E-state index contributed by atoms with van der Waals surface area (Å²) in [5, 5.41) is 6.84. The summed E-state index contributed by atoms with van der Waals surface area (Å²) in [7, 11) is 2.48. The summed E-state index contributed by atoms with van der Waals surface area (Å²) in [5.41, 5.74) is 2.15. The Hall–Kier alpha value is -3.16. The molecule has 2 rings (SSSR count). The number of hydrogen-bond donors (Lipinski definition) is 1. The Kier molecular flexibility index (Phi) is 5.53. The van der Waals surface area contributed by atoms with Gasteiger partial charge >= 0.3 is 11.9 Å². The van der Waals surface area contributed by atoms with Gasteiger partial charge in [-0.3, -0.25) is 9.48 Å². The van der Waals surface area contributed by atoms with Crippen LogP contribution in [-0.2, 0) is 20.8 Å². The van der Waals surface area contributed by atoms with Crippen molar-refractivity contribution in [2.75, 3.05) is 19.5 Å². The standard InChI is InChI=1S/C17H19N3O5/c1-10-7-11(2)20(19-10)9-15(21)18-14-8-12(16(22)24-3)5-6-13(14)17(23)25-4/h5-8H,9H2,1-4H3,(H,18,21). The number of esters is 2. The third-order valence-corrected chi connectivity index (χ3v) is 3.52. The molecular formula is C17H19N3O5. The van der Waals surface area contributed by atoms with Crippen LogP contribution in [0.4, 0.5) is 5.69 Å². The van der Waals surface area contributed by atoms with Gasteiger partial charge in [0.2, 0.25) is 5.91 Å². The number of nitrogens with zero attached hydrogens (tertiary/aromatic N) is 2. The fourth-order valence-electron chi connectivity index (χ4n) is 2.34. The highest BCUT2D eigenvalue weighted by molar-refractivity contribution is 6.03. The molecule has 0 atom stereocenters. The summed E-state index contributed by atoms with van der Waals surface area (Å²) in [6, 6.07) is 6.05. The van der Waals surface area contributed by atoms with Crippen molar-refractivity contribution in [2.24, 2.45) is 0 Å². The van der Waals surface area contributed by atoms with E-state index in [0.29, 0.717) is 0 Å². The number of nitrogens with one attached hydrogen (secondary N) is 1. The number of ether oxygens (including phenoxy) is 2. The fraction of sp³-hybridized carbons (Fsp3) is 0.294. The Bertz CT molecular complexity index is 826. The van der Waals surface area contributed by atoms with Gasteiger partial charge in [-0.2, -0.15) is 5.10 Å². The van der Waals surface area contributed by atoms with E-state index in [0.717, 1.165) is 11.4 Å². The van der Waals surface area contributed by atoms with Crippen LogP contribution in [0.25, 0.3) is 0 Å². The Labute approximate surface area is 144 Å². The Morgan fingerprint density at radius 2 is 1.76 bits per heavy atom. The zero-order chi connectivity index (χ0) is 18.6. The fourth-order valence-corrected chi connectivity index (χ4v) is 2.34. The second-order valence-electron chi connectivity index (χ2n) is 5.38. The number of hydrogen-bond acceptors (Lipinski definition) is 6. The first-order chi connectivity index (χ1) is 11.8. The second kappa shape index (κ2) is 7.61. The van der Waals surface area contributed by atoms with E-state index in [4.69, 9.17) is 4.74 Å². The normalized spacial score (nSPS) is 10.2. The van der Waals surface area contributed by atoms with Crippen molar-refractivity contribution in [1.82, 2.24) is 9.78 Å². The number of benzene rings is 1. The molecule has 0 saturated carbocycles. The van der Waals surface area contributed by atoms with E-state index in [9.17, 15) is 14.4 Å². The molecule has 2 aromatic rings. The maximum atomic E-state index is 12.3. The minimum absolute atomic E-state index is 0.0251. The van der Waals surface area contributed by atoms with Crippen LogP contribution in [0.2, 0.25) is 0 Å². The van der Waals surface area contributed by atoms with Gasteiger partial charge in [0.25, 0.3) is 0 Å². The molecule has 1 amide bonds. The lowest BCUT2D eigenvalue weighted by Crippen LogP contribution is -2.22. The molecule has 0 unspecified atom stereocenters. The molecule has 0 aliphatic carbocycles.